The van der Waals surface area contributed by atoms with Gasteiger partial charge in [0.05, 0.1) is 0 Å². The lowest BCUT2D eigenvalue weighted by atomic mass is 10.2. The number of rotatable bonds is 3. The van der Waals surface area contributed by atoms with E-state index in [4.69, 9.17) is 10.3 Å². The molecule has 3 N–H and O–H groups in total. The van der Waals surface area contributed by atoms with Gasteiger partial charge in [0.1, 0.15) is 23.2 Å². The van der Waals surface area contributed by atoms with E-state index in [-0.39, 0.29) is 5.82 Å². The van der Waals surface area contributed by atoms with Gasteiger partial charge >= 0.3 is 0 Å². The third kappa shape index (κ3) is 2.18. The Labute approximate surface area is 108 Å². The number of furan rings is 1. The van der Waals surface area contributed by atoms with Crippen LogP contribution in [0.1, 0.15) is 17.6 Å². The number of hydrogen-bond donors (Lipinski definition) is 2. The normalized spacial score (nSPS) is 12.7. The molecule has 1 unspecified atom stereocenters. The third-order valence-corrected chi connectivity index (χ3v) is 2.79. The number of nitrogens with two attached hydrogens (primary N) is 1. The van der Waals surface area contributed by atoms with Crippen molar-refractivity contribution in [2.45, 2.75) is 6.04 Å². The van der Waals surface area contributed by atoms with Crippen molar-refractivity contribution in [2.24, 2.45) is 5.84 Å². The predicted molar refractivity (Wildman–Crippen MR) is 67.4 cm³/mol. The van der Waals surface area contributed by atoms with E-state index in [0.717, 1.165) is 0 Å². The monoisotopic (exact) mass is 258 g/mol. The molecule has 5 nitrogen and oxygen atoms in total. The van der Waals surface area contributed by atoms with Gasteiger partial charge < -0.3 is 4.42 Å². The van der Waals surface area contributed by atoms with Gasteiger partial charge in [-0.15, -0.1) is 0 Å². The largest absolute Gasteiger partial charge is 0.459 e. The number of aromatic nitrogens is 2. The zero-order chi connectivity index (χ0) is 13.2. The molecule has 0 amide bonds. The van der Waals surface area contributed by atoms with Crippen LogP contribution >= 0.6 is 0 Å². The van der Waals surface area contributed by atoms with Crippen molar-refractivity contribution >= 4 is 11.0 Å². The van der Waals surface area contributed by atoms with Crippen molar-refractivity contribution in [2.75, 3.05) is 0 Å². The summed E-state index contributed by atoms with van der Waals surface area (Å²) < 4.78 is 18.8. The Hall–Kier alpha value is -2.31. The Balaban J connectivity index is 2.07. The van der Waals surface area contributed by atoms with Gasteiger partial charge in [0, 0.05) is 17.8 Å². The minimum atomic E-state index is -0.475. The van der Waals surface area contributed by atoms with Crippen molar-refractivity contribution < 1.29 is 8.81 Å². The fourth-order valence-corrected chi connectivity index (χ4v) is 1.92. The maximum Gasteiger partial charge on any atom is 0.154 e. The van der Waals surface area contributed by atoms with E-state index in [1.807, 2.05) is 0 Å². The smallest absolute Gasteiger partial charge is 0.154 e. The van der Waals surface area contributed by atoms with Gasteiger partial charge in [-0.3, -0.25) is 5.84 Å². The highest BCUT2D eigenvalue weighted by atomic mass is 19.1. The molecule has 0 bridgehead atoms. The van der Waals surface area contributed by atoms with Crippen LogP contribution in [-0.2, 0) is 0 Å². The van der Waals surface area contributed by atoms with Crippen molar-refractivity contribution in [1.29, 1.82) is 0 Å². The molecule has 0 saturated carbocycles. The lowest BCUT2D eigenvalue weighted by molar-refractivity contribution is 0.464. The molecule has 0 spiro atoms. The lowest BCUT2D eigenvalue weighted by Crippen LogP contribution is -2.29. The summed E-state index contributed by atoms with van der Waals surface area (Å²) in [6, 6.07) is 7.29. The third-order valence-electron chi connectivity index (χ3n) is 2.79. The summed E-state index contributed by atoms with van der Waals surface area (Å²) in [5, 5.41) is 0.672. The second-order valence-electron chi connectivity index (χ2n) is 4.04. The van der Waals surface area contributed by atoms with Gasteiger partial charge in [-0.05, 0) is 30.3 Å². The fraction of sp³-hybridized carbons (Fsp3) is 0.0769. The molecule has 0 aliphatic rings. The first-order chi connectivity index (χ1) is 9.28. The summed E-state index contributed by atoms with van der Waals surface area (Å²) in [6.45, 7) is 0. The summed E-state index contributed by atoms with van der Waals surface area (Å²) in [5.41, 5.74) is 3.19. The maximum atomic E-state index is 13.1. The summed E-state index contributed by atoms with van der Waals surface area (Å²) in [6.07, 6.45) is 3.24. The van der Waals surface area contributed by atoms with Crippen molar-refractivity contribution in [3.8, 4) is 0 Å². The van der Waals surface area contributed by atoms with E-state index < -0.39 is 6.04 Å². The van der Waals surface area contributed by atoms with E-state index in [1.54, 1.807) is 30.6 Å². The average molecular weight is 258 g/mol. The van der Waals surface area contributed by atoms with Crippen LogP contribution in [0.2, 0.25) is 0 Å². The SMILES string of the molecule is NNC(c1ncccn1)c1cc2cc(F)ccc2o1. The number of hydrogen-bond acceptors (Lipinski definition) is 5. The molecule has 19 heavy (non-hydrogen) atoms. The summed E-state index contributed by atoms with van der Waals surface area (Å²) in [5.74, 6) is 6.24. The minimum absolute atomic E-state index is 0.312. The summed E-state index contributed by atoms with van der Waals surface area (Å²) in [7, 11) is 0. The van der Waals surface area contributed by atoms with Gasteiger partial charge in [0.15, 0.2) is 5.82 Å². The predicted octanol–water partition coefficient (Wildman–Crippen LogP) is 1.91. The van der Waals surface area contributed by atoms with Crippen LogP contribution in [0.4, 0.5) is 4.39 Å². The average Bonchev–Trinajstić information content (AvgIpc) is 2.83. The molecule has 2 aromatic heterocycles. The van der Waals surface area contributed by atoms with E-state index in [0.29, 0.717) is 22.6 Å². The Kier molecular flexibility index (Phi) is 2.94. The van der Waals surface area contributed by atoms with Crippen molar-refractivity contribution in [3.63, 3.8) is 0 Å². The molecule has 0 radical (unpaired) electrons. The zero-order valence-corrected chi connectivity index (χ0v) is 9.88. The molecular formula is C13H11FN4O. The Morgan fingerprint density at radius 2 is 2.00 bits per heavy atom. The number of nitrogens with zero attached hydrogens (tertiary/aromatic N) is 2. The number of nitrogens with one attached hydrogen (secondary N) is 1. The molecule has 0 fully saturated rings. The number of halogens is 1. The van der Waals surface area contributed by atoms with E-state index in [2.05, 4.69) is 15.4 Å². The van der Waals surface area contributed by atoms with Crippen molar-refractivity contribution in [1.82, 2.24) is 15.4 Å². The lowest BCUT2D eigenvalue weighted by Gasteiger charge is -2.10. The molecule has 96 valence electrons. The first kappa shape index (κ1) is 11.8. The second-order valence-corrected chi connectivity index (χ2v) is 4.04. The first-order valence-electron chi connectivity index (χ1n) is 5.70. The molecule has 6 heteroatoms. The molecule has 3 rings (SSSR count). The fourth-order valence-electron chi connectivity index (χ4n) is 1.92. The molecule has 2 heterocycles. The second kappa shape index (κ2) is 4.75. The molecule has 0 saturated heterocycles. The van der Waals surface area contributed by atoms with E-state index in [1.165, 1.54) is 12.1 Å². The Morgan fingerprint density at radius 1 is 1.21 bits per heavy atom. The molecular weight excluding hydrogens is 247 g/mol. The van der Waals surface area contributed by atoms with Gasteiger partial charge in [0.2, 0.25) is 0 Å². The van der Waals surface area contributed by atoms with Crippen LogP contribution in [0, 0.1) is 5.82 Å². The molecule has 1 atom stereocenters. The molecule has 3 aromatic rings. The molecule has 0 aliphatic heterocycles. The van der Waals surface area contributed by atoms with Crippen molar-refractivity contribution in [3.05, 3.63) is 60.1 Å². The van der Waals surface area contributed by atoms with Crippen LogP contribution in [0.15, 0.2) is 47.1 Å². The van der Waals surface area contributed by atoms with Gasteiger partial charge in [-0.2, -0.15) is 0 Å². The van der Waals surface area contributed by atoms with Crippen LogP contribution in [0.5, 0.6) is 0 Å². The maximum absolute atomic E-state index is 13.1. The highest BCUT2D eigenvalue weighted by Gasteiger charge is 2.19. The summed E-state index contributed by atoms with van der Waals surface area (Å²) in [4.78, 5) is 8.25. The Bertz CT molecular complexity index is 698. The van der Waals surface area contributed by atoms with Crippen LogP contribution in [0.3, 0.4) is 0 Å². The first-order valence-corrected chi connectivity index (χ1v) is 5.70. The topological polar surface area (TPSA) is 77.0 Å². The van der Waals surface area contributed by atoms with Gasteiger partial charge in [0.25, 0.3) is 0 Å². The summed E-state index contributed by atoms with van der Waals surface area (Å²) >= 11 is 0. The number of benzene rings is 1. The highest BCUT2D eigenvalue weighted by Crippen LogP contribution is 2.26. The van der Waals surface area contributed by atoms with Gasteiger partial charge in [-0.1, -0.05) is 0 Å². The molecule has 1 aromatic carbocycles. The zero-order valence-electron chi connectivity index (χ0n) is 9.88. The van der Waals surface area contributed by atoms with E-state index in [9.17, 15) is 4.39 Å². The Morgan fingerprint density at radius 3 is 2.74 bits per heavy atom. The number of fused-ring (bicyclic) bond motifs is 1. The molecule has 0 aliphatic carbocycles. The number of hydrazine groups is 1. The van der Waals surface area contributed by atoms with Gasteiger partial charge in [-0.25, -0.2) is 19.8 Å². The highest BCUT2D eigenvalue weighted by molar-refractivity contribution is 5.78. The van der Waals surface area contributed by atoms with E-state index >= 15 is 0 Å². The van der Waals surface area contributed by atoms with Crippen LogP contribution in [-0.4, -0.2) is 9.97 Å². The van der Waals surface area contributed by atoms with Crippen LogP contribution in [0.25, 0.3) is 11.0 Å². The van der Waals surface area contributed by atoms with Crippen LogP contribution < -0.4 is 11.3 Å². The minimum Gasteiger partial charge on any atom is -0.459 e. The standard InChI is InChI=1S/C13H11FN4O/c14-9-2-3-10-8(6-9)7-11(19-10)12(18-15)13-16-4-1-5-17-13/h1-7,12,18H,15H2. The quantitative estimate of drug-likeness (QED) is 0.554.